The van der Waals surface area contributed by atoms with Crippen LogP contribution in [0.5, 0.6) is 5.75 Å². The molecule has 2 amide bonds. The fourth-order valence-electron chi connectivity index (χ4n) is 3.79. The second-order valence-corrected chi connectivity index (χ2v) is 7.89. The van der Waals surface area contributed by atoms with Gasteiger partial charge in [-0.2, -0.15) is 0 Å². The summed E-state index contributed by atoms with van der Waals surface area (Å²) >= 11 is 0. The first kappa shape index (κ1) is 19.6. The molecular weight excluding hydrogens is 344 g/mol. The lowest BCUT2D eigenvalue weighted by atomic mass is 10.1. The molecule has 0 spiro atoms. The van der Waals surface area contributed by atoms with Gasteiger partial charge in [0.05, 0.1) is 13.2 Å². The highest BCUT2D eigenvalue weighted by Crippen LogP contribution is 2.25. The molecule has 7 nitrogen and oxygen atoms in total. The third-order valence-corrected chi connectivity index (χ3v) is 5.18. The van der Waals surface area contributed by atoms with Gasteiger partial charge in [-0.25, -0.2) is 0 Å². The lowest BCUT2D eigenvalue weighted by Gasteiger charge is -2.29. The van der Waals surface area contributed by atoms with Crippen LogP contribution in [-0.2, 0) is 22.6 Å². The van der Waals surface area contributed by atoms with E-state index in [1.165, 1.54) is 16.0 Å². The van der Waals surface area contributed by atoms with E-state index in [-0.39, 0.29) is 24.4 Å². The predicted molar refractivity (Wildman–Crippen MR) is 102 cm³/mol. The van der Waals surface area contributed by atoms with Crippen LogP contribution in [0.15, 0.2) is 18.2 Å². The van der Waals surface area contributed by atoms with Gasteiger partial charge in [-0.3, -0.25) is 9.59 Å². The molecule has 0 aromatic heterocycles. The van der Waals surface area contributed by atoms with Crippen LogP contribution < -0.4 is 25.2 Å². The number of carbonyl (C=O) groups excluding carboxylic acids is 2. The van der Waals surface area contributed by atoms with Crippen molar-refractivity contribution in [3.63, 3.8) is 0 Å². The zero-order chi connectivity index (χ0) is 19.2. The molecule has 2 aliphatic heterocycles. The number of quaternary nitrogens is 2. The summed E-state index contributed by atoms with van der Waals surface area (Å²) in [5.41, 5.74) is 2.70. The SMILES string of the molecule is CC(C)NC(=O)CNC(=O)C[NH+]1CC[NH+](Cc2ccc3c(c2)CCO3)CC1. The van der Waals surface area contributed by atoms with Gasteiger partial charge in [-0.05, 0) is 37.6 Å². The van der Waals surface area contributed by atoms with Crippen LogP contribution in [0, 0.1) is 0 Å². The molecule has 1 aromatic rings. The van der Waals surface area contributed by atoms with Gasteiger partial charge in [0.2, 0.25) is 5.91 Å². The van der Waals surface area contributed by atoms with Crippen molar-refractivity contribution in [2.75, 3.05) is 45.9 Å². The summed E-state index contributed by atoms with van der Waals surface area (Å²) in [6, 6.07) is 6.64. The van der Waals surface area contributed by atoms with Crippen molar-refractivity contribution in [3.8, 4) is 5.75 Å². The van der Waals surface area contributed by atoms with Crippen molar-refractivity contribution in [1.29, 1.82) is 0 Å². The second kappa shape index (κ2) is 9.19. The van der Waals surface area contributed by atoms with Crippen molar-refractivity contribution >= 4 is 11.8 Å². The summed E-state index contributed by atoms with van der Waals surface area (Å²) in [6.45, 7) is 10.2. The normalized spacial score (nSPS) is 21.4. The highest BCUT2D eigenvalue weighted by molar-refractivity contribution is 5.85. The Labute approximate surface area is 161 Å². The Kier molecular flexibility index (Phi) is 6.68. The van der Waals surface area contributed by atoms with Gasteiger partial charge in [-0.15, -0.1) is 0 Å². The molecule has 7 heteroatoms. The Bertz CT molecular complexity index is 669. The molecule has 0 unspecified atom stereocenters. The highest BCUT2D eigenvalue weighted by atomic mass is 16.5. The summed E-state index contributed by atoms with van der Waals surface area (Å²) in [4.78, 5) is 26.5. The molecule has 1 fully saturated rings. The fourth-order valence-corrected chi connectivity index (χ4v) is 3.79. The first-order valence-corrected chi connectivity index (χ1v) is 9.97. The van der Waals surface area contributed by atoms with Crippen LogP contribution in [0.1, 0.15) is 25.0 Å². The van der Waals surface area contributed by atoms with E-state index in [4.69, 9.17) is 4.74 Å². The molecule has 0 atom stereocenters. The Hall–Kier alpha value is -2.12. The van der Waals surface area contributed by atoms with Crippen molar-refractivity contribution in [2.24, 2.45) is 0 Å². The number of carbonyl (C=O) groups is 2. The molecule has 148 valence electrons. The highest BCUT2D eigenvalue weighted by Gasteiger charge is 2.25. The Morgan fingerprint density at radius 3 is 2.59 bits per heavy atom. The minimum atomic E-state index is -0.137. The fraction of sp³-hybridized carbons (Fsp3) is 0.600. The molecule has 1 saturated heterocycles. The van der Waals surface area contributed by atoms with E-state index in [1.54, 1.807) is 4.90 Å². The van der Waals surface area contributed by atoms with E-state index in [0.717, 1.165) is 51.5 Å². The molecule has 0 saturated carbocycles. The number of piperazine rings is 1. The summed E-state index contributed by atoms with van der Waals surface area (Å²) in [6.07, 6.45) is 1.01. The van der Waals surface area contributed by atoms with Crippen LogP contribution in [0.25, 0.3) is 0 Å². The number of ether oxygens (including phenoxy) is 1. The van der Waals surface area contributed by atoms with Crippen LogP contribution in [-0.4, -0.2) is 63.7 Å². The van der Waals surface area contributed by atoms with Crippen molar-refractivity contribution in [2.45, 2.75) is 32.9 Å². The molecule has 2 heterocycles. The molecule has 3 rings (SSSR count). The number of benzene rings is 1. The maximum Gasteiger partial charge on any atom is 0.275 e. The van der Waals surface area contributed by atoms with Gasteiger partial charge < -0.3 is 25.2 Å². The molecule has 0 radical (unpaired) electrons. The Balaban J connectivity index is 1.36. The lowest BCUT2D eigenvalue weighted by Crippen LogP contribution is -3.28. The van der Waals surface area contributed by atoms with E-state index in [9.17, 15) is 9.59 Å². The average molecular weight is 377 g/mol. The first-order valence-electron chi connectivity index (χ1n) is 9.97. The topological polar surface area (TPSA) is 76.3 Å². The molecule has 4 N–H and O–H groups in total. The van der Waals surface area contributed by atoms with E-state index in [1.807, 2.05) is 13.8 Å². The Morgan fingerprint density at radius 2 is 1.85 bits per heavy atom. The molecule has 2 aliphatic rings. The third kappa shape index (κ3) is 5.94. The quantitative estimate of drug-likeness (QED) is 0.427. The third-order valence-electron chi connectivity index (χ3n) is 5.18. The number of amides is 2. The summed E-state index contributed by atoms with van der Waals surface area (Å²) in [5.74, 6) is 0.851. The average Bonchev–Trinajstić information content (AvgIpc) is 3.09. The van der Waals surface area contributed by atoms with Crippen LogP contribution in [0.2, 0.25) is 0 Å². The van der Waals surface area contributed by atoms with Crippen LogP contribution in [0.4, 0.5) is 0 Å². The molecule has 1 aromatic carbocycles. The van der Waals surface area contributed by atoms with Crippen molar-refractivity contribution in [3.05, 3.63) is 29.3 Å². The second-order valence-electron chi connectivity index (χ2n) is 7.89. The maximum atomic E-state index is 12.1. The van der Waals surface area contributed by atoms with E-state index in [0.29, 0.717) is 6.54 Å². The van der Waals surface area contributed by atoms with Gasteiger partial charge in [0.15, 0.2) is 6.54 Å². The predicted octanol–water partition coefficient (Wildman–Crippen LogP) is -2.45. The molecular formula is C20H32N4O3+2. The number of fused-ring (bicyclic) bond motifs is 1. The minimum absolute atomic E-state index is 0.0500. The van der Waals surface area contributed by atoms with E-state index >= 15 is 0 Å². The monoisotopic (exact) mass is 376 g/mol. The minimum Gasteiger partial charge on any atom is -0.493 e. The van der Waals surface area contributed by atoms with Crippen LogP contribution in [0.3, 0.4) is 0 Å². The van der Waals surface area contributed by atoms with Gasteiger partial charge in [0.1, 0.15) is 38.5 Å². The molecule has 0 bridgehead atoms. The number of hydrogen-bond donors (Lipinski definition) is 4. The van der Waals surface area contributed by atoms with Gasteiger partial charge >= 0.3 is 0 Å². The van der Waals surface area contributed by atoms with Crippen molar-refractivity contribution < 1.29 is 24.1 Å². The first-order chi connectivity index (χ1) is 13.0. The Morgan fingerprint density at radius 1 is 1.11 bits per heavy atom. The van der Waals surface area contributed by atoms with E-state index in [2.05, 4.69) is 28.8 Å². The number of rotatable bonds is 7. The molecule has 27 heavy (non-hydrogen) atoms. The molecule has 0 aliphatic carbocycles. The summed E-state index contributed by atoms with van der Waals surface area (Å²) < 4.78 is 5.57. The number of hydrogen-bond acceptors (Lipinski definition) is 3. The van der Waals surface area contributed by atoms with Gasteiger partial charge in [0, 0.05) is 18.0 Å². The number of nitrogens with one attached hydrogen (secondary N) is 4. The van der Waals surface area contributed by atoms with Gasteiger partial charge in [0.25, 0.3) is 5.91 Å². The van der Waals surface area contributed by atoms with Crippen molar-refractivity contribution in [1.82, 2.24) is 10.6 Å². The smallest absolute Gasteiger partial charge is 0.275 e. The zero-order valence-electron chi connectivity index (χ0n) is 16.4. The zero-order valence-corrected chi connectivity index (χ0v) is 16.4. The summed E-state index contributed by atoms with van der Waals surface area (Å²) in [5, 5.41) is 5.49. The van der Waals surface area contributed by atoms with Gasteiger partial charge in [-0.1, -0.05) is 0 Å². The summed E-state index contributed by atoms with van der Waals surface area (Å²) in [7, 11) is 0. The standard InChI is InChI=1S/C20H30N4O3/c1-15(2)22-19(25)12-21-20(26)14-24-8-6-23(7-9-24)13-16-3-4-18-17(11-16)5-10-27-18/h3-4,11,15H,5-10,12-14H2,1-2H3,(H,21,26)(H,22,25)/p+2. The maximum absolute atomic E-state index is 12.1. The van der Waals surface area contributed by atoms with Crippen LogP contribution >= 0.6 is 0 Å². The lowest BCUT2D eigenvalue weighted by molar-refractivity contribution is -1.02. The largest absolute Gasteiger partial charge is 0.493 e. The van der Waals surface area contributed by atoms with E-state index < -0.39 is 0 Å².